The van der Waals surface area contributed by atoms with Gasteiger partial charge in [0.2, 0.25) is 0 Å². The number of hydrogen-bond acceptors (Lipinski definition) is 5. The van der Waals surface area contributed by atoms with Crippen molar-refractivity contribution in [1.82, 2.24) is 10.3 Å². The number of hydrazone groups is 1. The van der Waals surface area contributed by atoms with Gasteiger partial charge in [0.15, 0.2) is 11.5 Å². The smallest absolute Gasteiger partial charge is 0.329 e. The zero-order chi connectivity index (χ0) is 15.9. The monoisotopic (exact) mass is 305 g/mol. The highest BCUT2D eigenvalue weighted by Crippen LogP contribution is 2.25. The molecule has 1 aromatic rings. The Labute approximate surface area is 128 Å². The minimum absolute atomic E-state index is 0.0176. The summed E-state index contributed by atoms with van der Waals surface area (Å²) in [5, 5.41) is 13.2. The molecule has 118 valence electrons. The van der Waals surface area contributed by atoms with Crippen molar-refractivity contribution in [3.63, 3.8) is 0 Å². The van der Waals surface area contributed by atoms with E-state index in [0.717, 1.165) is 19.3 Å². The van der Waals surface area contributed by atoms with Crippen molar-refractivity contribution >= 4 is 18.0 Å². The molecule has 0 bridgehead atoms. The van der Waals surface area contributed by atoms with E-state index in [0.29, 0.717) is 24.4 Å². The van der Waals surface area contributed by atoms with Crippen molar-refractivity contribution in [2.24, 2.45) is 5.10 Å². The molecule has 1 aliphatic rings. The predicted octanol–water partition coefficient (Wildman–Crippen LogP) is 0.863. The first-order valence-electron chi connectivity index (χ1n) is 7.11. The van der Waals surface area contributed by atoms with Gasteiger partial charge in [0.25, 0.3) is 0 Å². The Morgan fingerprint density at radius 2 is 2.05 bits per heavy atom. The molecule has 2 amide bonds. The first-order chi connectivity index (χ1) is 10.6. The maximum Gasteiger partial charge on any atom is 0.329 e. The Kier molecular flexibility index (Phi) is 5.35. The molecule has 1 heterocycles. The first kappa shape index (κ1) is 15.8. The van der Waals surface area contributed by atoms with Crippen molar-refractivity contribution < 1.29 is 19.4 Å². The van der Waals surface area contributed by atoms with Crippen LogP contribution in [0.4, 0.5) is 0 Å². The summed E-state index contributed by atoms with van der Waals surface area (Å²) in [6.07, 6.45) is 4.32. The number of piperidine rings is 1. The fraction of sp³-hybridized carbons (Fsp3) is 0.400. The second kappa shape index (κ2) is 7.44. The van der Waals surface area contributed by atoms with E-state index < -0.39 is 11.8 Å². The average Bonchev–Trinajstić information content (AvgIpc) is 2.56. The van der Waals surface area contributed by atoms with E-state index in [1.165, 1.54) is 24.3 Å². The van der Waals surface area contributed by atoms with Crippen molar-refractivity contribution in [3.05, 3.63) is 23.8 Å². The van der Waals surface area contributed by atoms with Gasteiger partial charge >= 0.3 is 11.8 Å². The van der Waals surface area contributed by atoms with Gasteiger partial charge in [-0.3, -0.25) is 9.59 Å². The first-order valence-corrected chi connectivity index (χ1v) is 7.11. The second-order valence-electron chi connectivity index (χ2n) is 4.98. The third-order valence-electron chi connectivity index (χ3n) is 3.42. The number of aromatic hydroxyl groups is 1. The van der Waals surface area contributed by atoms with E-state index >= 15 is 0 Å². The van der Waals surface area contributed by atoms with Crippen LogP contribution in [0.25, 0.3) is 0 Å². The molecule has 7 heteroatoms. The zero-order valence-electron chi connectivity index (χ0n) is 12.4. The summed E-state index contributed by atoms with van der Waals surface area (Å²) in [6, 6.07) is 4.64. The Balaban J connectivity index is 1.91. The molecule has 0 radical (unpaired) electrons. The number of likely N-dealkylation sites (tertiary alicyclic amines) is 1. The number of carbonyl (C=O) groups is 2. The van der Waals surface area contributed by atoms with Crippen molar-refractivity contribution in [1.29, 1.82) is 0 Å². The molecule has 22 heavy (non-hydrogen) atoms. The lowest BCUT2D eigenvalue weighted by molar-refractivity contribution is -0.146. The molecule has 0 unspecified atom stereocenters. The molecule has 1 aromatic carbocycles. The molecule has 2 N–H and O–H groups in total. The van der Waals surface area contributed by atoms with Crippen LogP contribution in [-0.2, 0) is 9.59 Å². The topological polar surface area (TPSA) is 91.2 Å². The van der Waals surface area contributed by atoms with Gasteiger partial charge < -0.3 is 14.7 Å². The van der Waals surface area contributed by atoms with Crippen LogP contribution in [0.1, 0.15) is 24.8 Å². The number of rotatable bonds is 3. The fourth-order valence-electron chi connectivity index (χ4n) is 2.23. The highest BCUT2D eigenvalue weighted by atomic mass is 16.5. The molecular weight excluding hydrogens is 286 g/mol. The van der Waals surface area contributed by atoms with E-state index in [1.54, 1.807) is 12.1 Å². The predicted molar refractivity (Wildman–Crippen MR) is 80.8 cm³/mol. The van der Waals surface area contributed by atoms with Crippen LogP contribution in [-0.4, -0.2) is 48.2 Å². The van der Waals surface area contributed by atoms with Gasteiger partial charge in [0.1, 0.15) is 0 Å². The second-order valence-corrected chi connectivity index (χ2v) is 4.98. The van der Waals surface area contributed by atoms with E-state index in [2.05, 4.69) is 10.5 Å². The molecule has 0 spiro atoms. The standard InChI is InChI=1S/C15H19N3O4/c1-22-13-9-11(5-6-12(13)19)10-16-17-14(20)15(21)18-7-3-2-4-8-18/h5-6,9-10,19H,2-4,7-8H2,1H3,(H,17,20)/b16-10+. The van der Waals surface area contributed by atoms with Gasteiger partial charge in [-0.1, -0.05) is 0 Å². The molecule has 0 saturated carbocycles. The number of ether oxygens (including phenoxy) is 1. The van der Waals surface area contributed by atoms with Crippen LogP contribution in [0.2, 0.25) is 0 Å². The van der Waals surface area contributed by atoms with Gasteiger partial charge in [0.05, 0.1) is 13.3 Å². The number of hydrogen-bond donors (Lipinski definition) is 2. The highest BCUT2D eigenvalue weighted by molar-refractivity contribution is 6.35. The number of nitrogens with zero attached hydrogens (tertiary/aromatic N) is 2. The summed E-state index contributed by atoms with van der Waals surface area (Å²) in [7, 11) is 1.44. The molecule has 1 aliphatic heterocycles. The van der Waals surface area contributed by atoms with Gasteiger partial charge in [-0.25, -0.2) is 5.43 Å². The number of carbonyl (C=O) groups excluding carboxylic acids is 2. The highest BCUT2D eigenvalue weighted by Gasteiger charge is 2.22. The molecular formula is C15H19N3O4. The van der Waals surface area contributed by atoms with Crippen LogP contribution in [0.3, 0.4) is 0 Å². The summed E-state index contributed by atoms with van der Waals surface area (Å²) in [5.74, 6) is -0.979. The number of benzene rings is 1. The Morgan fingerprint density at radius 1 is 1.32 bits per heavy atom. The lowest BCUT2D eigenvalue weighted by Crippen LogP contribution is -2.43. The molecule has 2 rings (SSSR count). The number of methoxy groups -OCH3 is 1. The van der Waals surface area contributed by atoms with Crippen molar-refractivity contribution in [2.45, 2.75) is 19.3 Å². The largest absolute Gasteiger partial charge is 0.504 e. The van der Waals surface area contributed by atoms with Crippen molar-refractivity contribution in [2.75, 3.05) is 20.2 Å². The molecule has 0 aromatic heterocycles. The lowest BCUT2D eigenvalue weighted by atomic mass is 10.1. The zero-order valence-corrected chi connectivity index (χ0v) is 12.4. The molecule has 1 saturated heterocycles. The summed E-state index contributed by atoms with van der Waals surface area (Å²) in [5.41, 5.74) is 2.84. The van der Waals surface area contributed by atoms with Crippen LogP contribution in [0.5, 0.6) is 11.5 Å². The van der Waals surface area contributed by atoms with Crippen LogP contribution in [0, 0.1) is 0 Å². The average molecular weight is 305 g/mol. The molecule has 7 nitrogen and oxygen atoms in total. The molecule has 0 atom stereocenters. The minimum Gasteiger partial charge on any atom is -0.504 e. The Bertz CT molecular complexity index is 580. The Morgan fingerprint density at radius 3 is 2.73 bits per heavy atom. The van der Waals surface area contributed by atoms with Crippen molar-refractivity contribution in [3.8, 4) is 11.5 Å². The van der Waals surface area contributed by atoms with Gasteiger partial charge in [-0.05, 0) is 43.0 Å². The van der Waals surface area contributed by atoms with Gasteiger partial charge in [0, 0.05) is 13.1 Å². The fourth-order valence-corrected chi connectivity index (χ4v) is 2.23. The quantitative estimate of drug-likeness (QED) is 0.492. The van der Waals surface area contributed by atoms with Crippen LogP contribution < -0.4 is 10.2 Å². The van der Waals surface area contributed by atoms with E-state index in [4.69, 9.17) is 4.74 Å². The number of phenols is 1. The van der Waals surface area contributed by atoms with Gasteiger partial charge in [-0.2, -0.15) is 5.10 Å². The normalized spacial score (nSPS) is 14.9. The molecule has 1 fully saturated rings. The summed E-state index contributed by atoms with van der Waals surface area (Å²) in [4.78, 5) is 25.1. The number of phenolic OH excluding ortho intramolecular Hbond substituents is 1. The molecule has 0 aliphatic carbocycles. The van der Waals surface area contributed by atoms with E-state index in [9.17, 15) is 14.7 Å². The lowest BCUT2D eigenvalue weighted by Gasteiger charge is -2.25. The van der Waals surface area contributed by atoms with Gasteiger partial charge in [-0.15, -0.1) is 0 Å². The van der Waals surface area contributed by atoms with Crippen LogP contribution in [0.15, 0.2) is 23.3 Å². The summed E-state index contributed by atoms with van der Waals surface area (Å²) >= 11 is 0. The van der Waals surface area contributed by atoms with Crippen LogP contribution >= 0.6 is 0 Å². The van der Waals surface area contributed by atoms with E-state index in [-0.39, 0.29) is 5.75 Å². The SMILES string of the molecule is COc1cc(/C=N/NC(=O)C(=O)N2CCCCC2)ccc1O. The third-order valence-corrected chi connectivity index (χ3v) is 3.42. The minimum atomic E-state index is -0.746. The summed E-state index contributed by atoms with van der Waals surface area (Å²) < 4.78 is 4.97. The number of amides is 2. The number of nitrogens with one attached hydrogen (secondary N) is 1. The summed E-state index contributed by atoms with van der Waals surface area (Å²) in [6.45, 7) is 1.23. The maximum absolute atomic E-state index is 11.9. The maximum atomic E-state index is 11.9. The Hall–Kier alpha value is -2.57. The third kappa shape index (κ3) is 3.97. The van der Waals surface area contributed by atoms with E-state index in [1.807, 2.05) is 0 Å².